The van der Waals surface area contributed by atoms with E-state index >= 15 is 0 Å². The molecular formula is C11H11N5O2. The summed E-state index contributed by atoms with van der Waals surface area (Å²) in [5, 5.41) is 28.4. The number of hydrogen-bond donors (Lipinski definition) is 4. The second kappa shape index (κ2) is 5.45. The van der Waals surface area contributed by atoms with Crippen molar-refractivity contribution in [3.05, 3.63) is 29.3 Å². The molecule has 0 aromatic heterocycles. The fourth-order valence-corrected chi connectivity index (χ4v) is 1.25. The molecule has 0 aliphatic carbocycles. The molecule has 0 radical (unpaired) electrons. The van der Waals surface area contributed by atoms with E-state index in [0.29, 0.717) is 5.56 Å². The van der Waals surface area contributed by atoms with Gasteiger partial charge in [-0.05, 0) is 18.6 Å². The third-order valence-corrected chi connectivity index (χ3v) is 2.14. The highest BCUT2D eigenvalue weighted by molar-refractivity contribution is 6.45. The average Bonchev–Trinajstić information content (AvgIpc) is 2.30. The third kappa shape index (κ3) is 2.82. The fourth-order valence-electron chi connectivity index (χ4n) is 1.25. The van der Waals surface area contributed by atoms with Crippen LogP contribution in [0.1, 0.15) is 15.9 Å². The zero-order valence-electron chi connectivity index (χ0n) is 9.56. The van der Waals surface area contributed by atoms with Crippen LogP contribution in [0.15, 0.2) is 23.3 Å². The molecule has 18 heavy (non-hydrogen) atoms. The molecule has 7 heteroatoms. The lowest BCUT2D eigenvalue weighted by molar-refractivity contribution is 0.0698. The van der Waals surface area contributed by atoms with Gasteiger partial charge in [0, 0.05) is 0 Å². The van der Waals surface area contributed by atoms with E-state index in [1.165, 1.54) is 6.07 Å². The second-order valence-corrected chi connectivity index (χ2v) is 3.40. The van der Waals surface area contributed by atoms with Gasteiger partial charge in [-0.3, -0.25) is 10.8 Å². The Hall–Kier alpha value is -2.88. The molecule has 1 aromatic rings. The Morgan fingerprint density at radius 2 is 2.28 bits per heavy atom. The minimum atomic E-state index is -1.11. The summed E-state index contributed by atoms with van der Waals surface area (Å²) in [6.07, 6.45) is 0. The molecule has 0 aliphatic heterocycles. The highest BCUT2D eigenvalue weighted by Gasteiger charge is 2.12. The van der Waals surface area contributed by atoms with Crippen LogP contribution in [0.5, 0.6) is 0 Å². The Morgan fingerprint density at radius 3 is 2.78 bits per heavy atom. The quantitative estimate of drug-likeness (QED) is 0.355. The number of anilines is 1. The van der Waals surface area contributed by atoms with Crippen LogP contribution in [0.2, 0.25) is 0 Å². The van der Waals surface area contributed by atoms with Crippen molar-refractivity contribution in [3.8, 4) is 6.07 Å². The molecule has 5 N–H and O–H groups in total. The SMILES string of the molecule is Cc1cccc(C(=O)O)c1N/N=C(\C#N)C(=N)N. The molecule has 0 amide bonds. The Bertz CT molecular complexity index is 571. The number of hydrogen-bond acceptors (Lipinski definition) is 5. The summed E-state index contributed by atoms with van der Waals surface area (Å²) in [7, 11) is 0. The van der Waals surface area contributed by atoms with Crippen LogP contribution < -0.4 is 11.2 Å². The number of aromatic carboxylic acids is 1. The highest BCUT2D eigenvalue weighted by atomic mass is 16.4. The van der Waals surface area contributed by atoms with Gasteiger partial charge in [0.1, 0.15) is 6.07 Å². The van der Waals surface area contributed by atoms with Crippen molar-refractivity contribution in [2.24, 2.45) is 10.8 Å². The van der Waals surface area contributed by atoms with Crippen LogP contribution in [0, 0.1) is 23.7 Å². The average molecular weight is 245 g/mol. The van der Waals surface area contributed by atoms with Gasteiger partial charge < -0.3 is 10.8 Å². The standard InChI is InChI=1S/C11H11N5O2/c1-6-3-2-4-7(11(17)18)9(6)16-15-8(5-12)10(13)14/h2-4,16H,1H3,(H3,13,14)(H,17,18)/b15-8+. The molecule has 0 saturated carbocycles. The van der Waals surface area contributed by atoms with Crippen LogP contribution >= 0.6 is 0 Å². The van der Waals surface area contributed by atoms with E-state index in [1.807, 2.05) is 0 Å². The molecule has 0 unspecified atom stereocenters. The molecule has 0 aliphatic rings. The van der Waals surface area contributed by atoms with E-state index in [4.69, 9.17) is 21.5 Å². The Labute approximate surface area is 103 Å². The van der Waals surface area contributed by atoms with Crippen LogP contribution in [0.25, 0.3) is 0 Å². The van der Waals surface area contributed by atoms with Crippen molar-refractivity contribution in [3.63, 3.8) is 0 Å². The molecule has 0 saturated heterocycles. The number of para-hydroxylation sites is 1. The number of amidine groups is 1. The maximum atomic E-state index is 11.0. The third-order valence-electron chi connectivity index (χ3n) is 2.14. The number of nitrogens with two attached hydrogens (primary N) is 1. The molecule has 7 nitrogen and oxygen atoms in total. The maximum Gasteiger partial charge on any atom is 0.337 e. The molecule has 0 atom stereocenters. The number of carboxylic acids is 1. The van der Waals surface area contributed by atoms with Gasteiger partial charge in [0.15, 0.2) is 5.84 Å². The predicted molar refractivity (Wildman–Crippen MR) is 66.7 cm³/mol. The number of carbonyl (C=O) groups is 1. The molecule has 0 spiro atoms. The van der Waals surface area contributed by atoms with Gasteiger partial charge in [-0.25, -0.2) is 4.79 Å². The van der Waals surface area contributed by atoms with E-state index in [1.54, 1.807) is 25.1 Å². The smallest absolute Gasteiger partial charge is 0.337 e. The van der Waals surface area contributed by atoms with Gasteiger partial charge >= 0.3 is 5.97 Å². The van der Waals surface area contributed by atoms with Gasteiger partial charge in [-0.2, -0.15) is 10.4 Å². The molecule has 0 fully saturated rings. The first-order valence-electron chi connectivity index (χ1n) is 4.88. The summed E-state index contributed by atoms with van der Waals surface area (Å²) in [5.74, 6) is -1.60. The molecule has 92 valence electrons. The minimum absolute atomic E-state index is 0.0274. The molecule has 1 aromatic carbocycles. The number of nitrogens with zero attached hydrogens (tertiary/aromatic N) is 2. The number of nitriles is 1. The maximum absolute atomic E-state index is 11.0. The van der Waals surface area contributed by atoms with Gasteiger partial charge in [0.2, 0.25) is 5.71 Å². The van der Waals surface area contributed by atoms with Crippen LogP contribution in [-0.4, -0.2) is 22.6 Å². The molecular weight excluding hydrogens is 234 g/mol. The van der Waals surface area contributed by atoms with Crippen molar-refractivity contribution in [2.75, 3.05) is 5.43 Å². The lowest BCUT2D eigenvalue weighted by atomic mass is 10.1. The lowest BCUT2D eigenvalue weighted by Gasteiger charge is -2.08. The first kappa shape index (κ1) is 13.2. The van der Waals surface area contributed by atoms with E-state index in [-0.39, 0.29) is 17.0 Å². The number of aryl methyl sites for hydroxylation is 1. The predicted octanol–water partition coefficient (Wildman–Crippen LogP) is 0.921. The summed E-state index contributed by atoms with van der Waals surface area (Å²) in [4.78, 5) is 11.0. The van der Waals surface area contributed by atoms with Gasteiger partial charge in [0.25, 0.3) is 0 Å². The van der Waals surface area contributed by atoms with Crippen LogP contribution in [-0.2, 0) is 0 Å². The van der Waals surface area contributed by atoms with Gasteiger partial charge in [0.05, 0.1) is 11.3 Å². The Kier molecular flexibility index (Phi) is 3.99. The zero-order valence-corrected chi connectivity index (χ0v) is 9.56. The van der Waals surface area contributed by atoms with Gasteiger partial charge in [-0.1, -0.05) is 12.1 Å². The van der Waals surface area contributed by atoms with Crippen molar-refractivity contribution in [2.45, 2.75) is 6.92 Å². The van der Waals surface area contributed by atoms with Crippen molar-refractivity contribution in [1.29, 1.82) is 10.7 Å². The molecule has 0 bridgehead atoms. The lowest BCUT2D eigenvalue weighted by Crippen LogP contribution is -2.22. The monoisotopic (exact) mass is 245 g/mol. The first-order valence-corrected chi connectivity index (χ1v) is 4.88. The number of carboxylic acid groups (broad SMARTS) is 1. The van der Waals surface area contributed by atoms with Crippen molar-refractivity contribution in [1.82, 2.24) is 0 Å². The number of hydrazone groups is 1. The summed E-state index contributed by atoms with van der Waals surface area (Å²) in [6, 6.07) is 6.34. The van der Waals surface area contributed by atoms with Gasteiger partial charge in [-0.15, -0.1) is 0 Å². The van der Waals surface area contributed by atoms with Crippen molar-refractivity contribution >= 4 is 23.2 Å². The molecule has 0 heterocycles. The topological polar surface area (TPSA) is 135 Å². The van der Waals surface area contributed by atoms with Crippen LogP contribution in [0.3, 0.4) is 0 Å². The fraction of sp³-hybridized carbons (Fsp3) is 0.0909. The summed E-state index contributed by atoms with van der Waals surface area (Å²) in [5.41, 5.74) is 8.21. The van der Waals surface area contributed by atoms with Crippen LogP contribution in [0.4, 0.5) is 5.69 Å². The minimum Gasteiger partial charge on any atom is -0.478 e. The summed E-state index contributed by atoms with van der Waals surface area (Å²) >= 11 is 0. The van der Waals surface area contributed by atoms with E-state index in [9.17, 15) is 4.79 Å². The second-order valence-electron chi connectivity index (χ2n) is 3.40. The largest absolute Gasteiger partial charge is 0.478 e. The van der Waals surface area contributed by atoms with E-state index in [0.717, 1.165) is 0 Å². The number of nitrogens with one attached hydrogen (secondary N) is 2. The summed E-state index contributed by atoms with van der Waals surface area (Å²) in [6.45, 7) is 1.70. The Balaban J connectivity index is 3.16. The normalized spacial score (nSPS) is 10.6. The van der Waals surface area contributed by atoms with E-state index < -0.39 is 11.8 Å². The Morgan fingerprint density at radius 1 is 1.61 bits per heavy atom. The van der Waals surface area contributed by atoms with E-state index in [2.05, 4.69) is 10.5 Å². The molecule has 1 rings (SSSR count). The zero-order chi connectivity index (χ0) is 13.7. The summed E-state index contributed by atoms with van der Waals surface area (Å²) < 4.78 is 0. The highest BCUT2D eigenvalue weighted by Crippen LogP contribution is 2.20. The first-order chi connectivity index (χ1) is 8.47. The number of benzene rings is 1. The van der Waals surface area contributed by atoms with Crippen molar-refractivity contribution < 1.29 is 9.90 Å². The number of rotatable bonds is 4.